The van der Waals surface area contributed by atoms with Gasteiger partial charge in [-0.05, 0) is 56.6 Å². The number of benzene rings is 1. The normalized spacial score (nSPS) is 16.2. The van der Waals surface area contributed by atoms with Gasteiger partial charge < -0.3 is 9.26 Å². The SMILES string of the molecule is COc1cccc(CN2CCC(c3cc(C(F)F)c4c(C)noc4n3)CC2)c1. The largest absolute Gasteiger partial charge is 0.497 e. The van der Waals surface area contributed by atoms with Gasteiger partial charge in [0.2, 0.25) is 0 Å². The lowest BCUT2D eigenvalue weighted by molar-refractivity contribution is 0.152. The molecule has 2 aromatic heterocycles. The van der Waals surface area contributed by atoms with Gasteiger partial charge in [-0.1, -0.05) is 17.3 Å². The molecule has 0 bridgehead atoms. The molecule has 0 amide bonds. The molecule has 0 spiro atoms. The Morgan fingerprint density at radius 3 is 2.75 bits per heavy atom. The van der Waals surface area contributed by atoms with Crippen LogP contribution in [0.1, 0.15) is 47.7 Å². The molecule has 5 nitrogen and oxygen atoms in total. The molecule has 0 atom stereocenters. The van der Waals surface area contributed by atoms with E-state index in [1.165, 1.54) is 5.56 Å². The molecular formula is C21H23F2N3O2. The first-order valence-corrected chi connectivity index (χ1v) is 9.45. The number of alkyl halides is 2. The summed E-state index contributed by atoms with van der Waals surface area (Å²) >= 11 is 0. The van der Waals surface area contributed by atoms with Crippen molar-refractivity contribution in [3.63, 3.8) is 0 Å². The van der Waals surface area contributed by atoms with Crippen LogP contribution in [0.3, 0.4) is 0 Å². The number of fused-ring (bicyclic) bond motifs is 1. The molecule has 1 aromatic carbocycles. The minimum atomic E-state index is -2.57. The second-order valence-corrected chi connectivity index (χ2v) is 7.29. The van der Waals surface area contributed by atoms with Gasteiger partial charge in [-0.15, -0.1) is 0 Å². The van der Waals surface area contributed by atoms with Crippen LogP contribution in [0.4, 0.5) is 8.78 Å². The number of aryl methyl sites for hydroxylation is 1. The van der Waals surface area contributed by atoms with Crippen molar-refractivity contribution in [2.45, 2.75) is 38.7 Å². The van der Waals surface area contributed by atoms with Crippen LogP contribution in [0, 0.1) is 6.92 Å². The van der Waals surface area contributed by atoms with E-state index in [-0.39, 0.29) is 17.2 Å². The molecule has 3 aromatic rings. The van der Waals surface area contributed by atoms with E-state index in [0.29, 0.717) is 16.8 Å². The minimum absolute atomic E-state index is 0.0300. The Balaban J connectivity index is 1.47. The molecule has 28 heavy (non-hydrogen) atoms. The number of nitrogens with zero attached hydrogens (tertiary/aromatic N) is 3. The Morgan fingerprint density at radius 1 is 1.25 bits per heavy atom. The van der Waals surface area contributed by atoms with Gasteiger partial charge in [0.15, 0.2) is 0 Å². The van der Waals surface area contributed by atoms with Crippen molar-refractivity contribution < 1.29 is 18.0 Å². The average molecular weight is 387 g/mol. The smallest absolute Gasteiger partial charge is 0.264 e. The molecule has 0 N–H and O–H groups in total. The third-order valence-corrected chi connectivity index (χ3v) is 5.45. The fourth-order valence-corrected chi connectivity index (χ4v) is 3.94. The Bertz CT molecular complexity index is 965. The topological polar surface area (TPSA) is 51.4 Å². The third-order valence-electron chi connectivity index (χ3n) is 5.45. The van der Waals surface area contributed by atoms with E-state index in [2.05, 4.69) is 21.1 Å². The van der Waals surface area contributed by atoms with Gasteiger partial charge in [-0.3, -0.25) is 4.90 Å². The molecule has 0 radical (unpaired) electrons. The number of rotatable bonds is 5. The Kier molecular flexibility index (Phi) is 5.26. The van der Waals surface area contributed by atoms with E-state index < -0.39 is 6.43 Å². The maximum absolute atomic E-state index is 13.6. The number of methoxy groups -OCH3 is 1. The molecule has 0 unspecified atom stereocenters. The van der Waals surface area contributed by atoms with Crippen LogP contribution < -0.4 is 4.74 Å². The Hall–Kier alpha value is -2.54. The van der Waals surface area contributed by atoms with Crippen LogP contribution in [-0.4, -0.2) is 35.2 Å². The zero-order chi connectivity index (χ0) is 19.7. The first-order chi connectivity index (χ1) is 13.5. The summed E-state index contributed by atoms with van der Waals surface area (Å²) in [5.41, 5.74) is 2.52. The number of hydrogen-bond acceptors (Lipinski definition) is 5. The minimum Gasteiger partial charge on any atom is -0.497 e. The van der Waals surface area contributed by atoms with Crippen molar-refractivity contribution in [1.82, 2.24) is 15.0 Å². The van der Waals surface area contributed by atoms with E-state index >= 15 is 0 Å². The lowest BCUT2D eigenvalue weighted by Crippen LogP contribution is -2.32. The maximum Gasteiger partial charge on any atom is 0.264 e. The van der Waals surface area contributed by atoms with Crippen LogP contribution in [0.25, 0.3) is 11.1 Å². The monoisotopic (exact) mass is 387 g/mol. The number of piperidine rings is 1. The molecule has 0 aliphatic carbocycles. The Morgan fingerprint density at radius 2 is 2.04 bits per heavy atom. The summed E-state index contributed by atoms with van der Waals surface area (Å²) in [5.74, 6) is 1.00. The highest BCUT2D eigenvalue weighted by atomic mass is 19.3. The van der Waals surface area contributed by atoms with E-state index in [1.54, 1.807) is 20.1 Å². The van der Waals surface area contributed by atoms with Crippen LogP contribution in [-0.2, 0) is 6.54 Å². The number of hydrogen-bond donors (Lipinski definition) is 0. The quantitative estimate of drug-likeness (QED) is 0.626. The molecule has 1 aliphatic heterocycles. The molecule has 148 valence electrons. The van der Waals surface area contributed by atoms with Crippen molar-refractivity contribution in [2.24, 2.45) is 0 Å². The number of pyridine rings is 1. The molecule has 0 saturated carbocycles. The fourth-order valence-electron chi connectivity index (χ4n) is 3.94. The summed E-state index contributed by atoms with van der Waals surface area (Å²) in [7, 11) is 1.66. The van der Waals surface area contributed by atoms with E-state index in [4.69, 9.17) is 9.26 Å². The second-order valence-electron chi connectivity index (χ2n) is 7.29. The molecule has 1 aliphatic rings. The molecule has 4 rings (SSSR count). The van der Waals surface area contributed by atoms with Gasteiger partial charge in [0, 0.05) is 23.7 Å². The second kappa shape index (κ2) is 7.83. The fraction of sp³-hybridized carbons (Fsp3) is 0.429. The number of halogens is 2. The van der Waals surface area contributed by atoms with Crippen LogP contribution in [0.5, 0.6) is 5.75 Å². The number of aromatic nitrogens is 2. The van der Waals surface area contributed by atoms with Gasteiger partial charge in [0.25, 0.3) is 12.1 Å². The van der Waals surface area contributed by atoms with Crippen LogP contribution in [0.2, 0.25) is 0 Å². The highest BCUT2D eigenvalue weighted by Gasteiger charge is 2.26. The first-order valence-electron chi connectivity index (χ1n) is 9.45. The lowest BCUT2D eigenvalue weighted by Gasteiger charge is -2.31. The molecular weight excluding hydrogens is 364 g/mol. The standard InChI is InChI=1S/C21H23F2N3O2/c1-13-19-17(20(22)23)11-18(24-21(19)28-25-13)15-6-8-26(9-7-15)12-14-4-3-5-16(10-14)27-2/h3-5,10-11,15,20H,6-9,12H2,1-2H3. The molecule has 1 saturated heterocycles. The summed E-state index contributed by atoms with van der Waals surface area (Å²) in [6.45, 7) is 4.29. The average Bonchev–Trinajstić information content (AvgIpc) is 3.09. The van der Waals surface area contributed by atoms with Crippen molar-refractivity contribution in [3.8, 4) is 5.75 Å². The summed E-state index contributed by atoms with van der Waals surface area (Å²) in [6, 6.07) is 9.60. The highest BCUT2D eigenvalue weighted by molar-refractivity contribution is 5.80. The van der Waals surface area contributed by atoms with Crippen molar-refractivity contribution in [1.29, 1.82) is 0 Å². The summed E-state index contributed by atoms with van der Waals surface area (Å²) in [4.78, 5) is 6.87. The van der Waals surface area contributed by atoms with Gasteiger partial charge in [-0.2, -0.15) is 0 Å². The highest BCUT2D eigenvalue weighted by Crippen LogP contribution is 2.35. The van der Waals surface area contributed by atoms with Crippen LogP contribution >= 0.6 is 0 Å². The summed E-state index contributed by atoms with van der Waals surface area (Å²) in [5, 5.41) is 4.15. The van der Waals surface area contributed by atoms with E-state index in [9.17, 15) is 8.78 Å². The zero-order valence-corrected chi connectivity index (χ0v) is 16.0. The molecule has 7 heteroatoms. The van der Waals surface area contributed by atoms with Crippen molar-refractivity contribution in [3.05, 3.63) is 52.8 Å². The van der Waals surface area contributed by atoms with Gasteiger partial charge in [0.05, 0.1) is 18.2 Å². The van der Waals surface area contributed by atoms with Gasteiger partial charge in [0.1, 0.15) is 5.75 Å². The molecule has 3 heterocycles. The van der Waals surface area contributed by atoms with Gasteiger partial charge >= 0.3 is 0 Å². The van der Waals surface area contributed by atoms with Crippen LogP contribution in [0.15, 0.2) is 34.9 Å². The number of ether oxygens (including phenoxy) is 1. The maximum atomic E-state index is 13.6. The zero-order valence-electron chi connectivity index (χ0n) is 16.0. The Labute approximate surface area is 162 Å². The third kappa shape index (κ3) is 3.71. The lowest BCUT2D eigenvalue weighted by atomic mass is 9.91. The molecule has 1 fully saturated rings. The van der Waals surface area contributed by atoms with Crippen molar-refractivity contribution in [2.75, 3.05) is 20.2 Å². The predicted octanol–water partition coefficient (Wildman–Crippen LogP) is 4.86. The summed E-state index contributed by atoms with van der Waals surface area (Å²) < 4.78 is 37.6. The number of likely N-dealkylation sites (tertiary alicyclic amines) is 1. The predicted molar refractivity (Wildman–Crippen MR) is 102 cm³/mol. The summed E-state index contributed by atoms with van der Waals surface area (Å²) in [6.07, 6.45) is -0.827. The van der Waals surface area contributed by atoms with Crippen molar-refractivity contribution >= 4 is 11.1 Å². The van der Waals surface area contributed by atoms with Gasteiger partial charge in [-0.25, -0.2) is 13.8 Å². The van der Waals surface area contributed by atoms with E-state index in [1.807, 2.05) is 18.2 Å². The van der Waals surface area contributed by atoms with E-state index in [0.717, 1.165) is 38.2 Å². The first kappa shape index (κ1) is 18.8.